The van der Waals surface area contributed by atoms with E-state index in [1.54, 1.807) is 67.9 Å². The number of ether oxygens (including phenoxy) is 3. The third-order valence-corrected chi connectivity index (χ3v) is 20.5. The van der Waals surface area contributed by atoms with Crippen LogP contribution in [0.5, 0.6) is 5.75 Å². The molecule has 4 aliphatic carbocycles. The maximum atomic E-state index is 14.1. The highest BCUT2D eigenvalue weighted by Crippen LogP contribution is 2.72. The molecule has 0 spiro atoms. The highest BCUT2D eigenvalue weighted by molar-refractivity contribution is 7.51. The SMILES string of the molecule is Cc1c(-c2ccc(N3CCc4c(OCCCP(=O)(O)O)ccc(C(=O)Nc5nc6ccccc6s5)c4C3)nc2C(=O)O)cnn1CC12CC3(C)CC(C)(C1)CC(OCCN(C)C(=O)OC/C=C/c1cc[c]c(NC(=O)CCNC(=O)CCCCCN4C(=O)C=CC4=O)c1)(C3)C2. The molecule has 26 heteroatoms. The van der Waals surface area contributed by atoms with Crippen molar-refractivity contribution in [2.24, 2.45) is 16.2 Å². The van der Waals surface area contributed by atoms with E-state index in [1.807, 2.05) is 40.8 Å². The predicted molar refractivity (Wildman–Crippen MR) is 357 cm³/mol. The van der Waals surface area contributed by atoms with Crippen molar-refractivity contribution in [2.75, 3.05) is 74.7 Å². The average Bonchev–Trinajstić information content (AvgIpc) is 0.967. The fraction of sp³-hybridized carbons (Fsp3) is 0.449. The summed E-state index contributed by atoms with van der Waals surface area (Å²) in [6.07, 6.45) is 15.3. The van der Waals surface area contributed by atoms with E-state index in [1.165, 1.54) is 33.3 Å². The number of carbonyl (C=O) groups is 7. The van der Waals surface area contributed by atoms with E-state index in [9.17, 15) is 53.0 Å². The number of nitrogens with one attached hydrogen (secondary N) is 3. The Kier molecular flexibility index (Phi) is 20.3. The first kappa shape index (κ1) is 67.8. The fourth-order valence-corrected chi connectivity index (χ4v) is 17.0. The minimum absolute atomic E-state index is 0.00585. The number of carboxylic acids is 1. The van der Waals surface area contributed by atoms with E-state index in [-0.39, 0.29) is 103 Å². The van der Waals surface area contributed by atoms with E-state index in [0.717, 1.165) is 65.6 Å². The van der Waals surface area contributed by atoms with Crippen molar-refractivity contribution in [2.45, 2.75) is 123 Å². The lowest BCUT2D eigenvalue weighted by atomic mass is 9.39. The van der Waals surface area contributed by atoms with Crippen molar-refractivity contribution in [3.05, 3.63) is 131 Å². The number of carboxylic acid groups (broad SMARTS) is 1. The van der Waals surface area contributed by atoms with Gasteiger partial charge in [-0.3, -0.25) is 43.4 Å². The van der Waals surface area contributed by atoms with Gasteiger partial charge in [-0.25, -0.2) is 19.6 Å². The molecule has 6 aromatic rings. The van der Waals surface area contributed by atoms with Crippen molar-refractivity contribution in [1.29, 1.82) is 0 Å². The molecule has 24 nitrogen and oxygen atoms in total. The Labute approximate surface area is 554 Å². The van der Waals surface area contributed by atoms with Crippen LogP contribution in [-0.2, 0) is 52.7 Å². The molecule has 95 heavy (non-hydrogen) atoms. The summed E-state index contributed by atoms with van der Waals surface area (Å²) < 4.78 is 33.2. The van der Waals surface area contributed by atoms with Crippen LogP contribution >= 0.6 is 18.9 Å². The molecule has 6 amide bonds. The van der Waals surface area contributed by atoms with E-state index < -0.39 is 25.3 Å². The fourth-order valence-electron chi connectivity index (χ4n) is 15.6. The number of fused-ring (bicyclic) bond motifs is 2. The number of amides is 6. The van der Waals surface area contributed by atoms with Crippen LogP contribution < -0.4 is 25.6 Å². The number of pyridine rings is 1. The Hall–Kier alpha value is -8.61. The highest BCUT2D eigenvalue weighted by Gasteiger charge is 2.66. The summed E-state index contributed by atoms with van der Waals surface area (Å²) in [6, 6.07) is 22.7. The van der Waals surface area contributed by atoms with Crippen molar-refractivity contribution >= 4 is 93.5 Å². The zero-order chi connectivity index (χ0) is 67.3. The van der Waals surface area contributed by atoms with Crippen LogP contribution in [0.1, 0.15) is 134 Å². The van der Waals surface area contributed by atoms with Gasteiger partial charge in [0.05, 0.1) is 41.4 Å². The van der Waals surface area contributed by atoms with Gasteiger partial charge in [0, 0.05) is 111 Å². The zero-order valence-corrected chi connectivity index (χ0v) is 55.5. The van der Waals surface area contributed by atoms with Crippen molar-refractivity contribution in [3.63, 3.8) is 0 Å². The Bertz CT molecular complexity index is 4000. The van der Waals surface area contributed by atoms with Crippen molar-refractivity contribution < 1.29 is 67.2 Å². The number of hydrogen-bond donors (Lipinski definition) is 6. The number of imide groups is 1. The lowest BCUT2D eigenvalue weighted by molar-refractivity contribution is -0.248. The Morgan fingerprint density at radius 1 is 0.853 bits per heavy atom. The average molecular weight is 1340 g/mol. The summed E-state index contributed by atoms with van der Waals surface area (Å²) >= 11 is 1.35. The van der Waals surface area contributed by atoms with E-state index in [2.05, 4.69) is 40.8 Å². The summed E-state index contributed by atoms with van der Waals surface area (Å²) in [5.74, 6) is -1.81. The highest BCUT2D eigenvalue weighted by atomic mass is 32.1. The molecule has 3 aromatic carbocycles. The summed E-state index contributed by atoms with van der Waals surface area (Å²) in [5, 5.41) is 24.7. The van der Waals surface area contributed by atoms with Crippen LogP contribution in [0.4, 0.5) is 21.4 Å². The van der Waals surface area contributed by atoms with Crippen LogP contribution in [-0.4, -0.2) is 151 Å². The van der Waals surface area contributed by atoms with Crippen LogP contribution in [0.3, 0.4) is 0 Å². The molecule has 6 N–H and O–H groups in total. The van der Waals surface area contributed by atoms with Gasteiger partial charge in [-0.1, -0.05) is 61.9 Å². The lowest BCUT2D eigenvalue weighted by Gasteiger charge is -2.69. The number of unbranched alkanes of at least 4 members (excludes halogenated alkanes) is 2. The van der Waals surface area contributed by atoms with Gasteiger partial charge in [0.15, 0.2) is 10.8 Å². The smallest absolute Gasteiger partial charge is 0.409 e. The molecule has 4 fully saturated rings. The van der Waals surface area contributed by atoms with Crippen LogP contribution in [0.15, 0.2) is 91.2 Å². The number of para-hydroxylation sites is 1. The maximum Gasteiger partial charge on any atom is 0.409 e. The van der Waals surface area contributed by atoms with Crippen molar-refractivity contribution in [3.8, 4) is 16.9 Å². The molecule has 2 aliphatic heterocycles. The largest absolute Gasteiger partial charge is 0.493 e. The number of nitrogens with zero attached hydrogens (tertiary/aromatic N) is 7. The minimum atomic E-state index is -4.23. The second-order valence-electron chi connectivity index (χ2n) is 26.7. The molecule has 4 saturated carbocycles. The first-order valence-corrected chi connectivity index (χ1v) is 34.8. The molecule has 5 heterocycles. The predicted octanol–water partition coefficient (Wildman–Crippen LogP) is 9.97. The second-order valence-corrected chi connectivity index (χ2v) is 29.5. The second kappa shape index (κ2) is 28.4. The Balaban J connectivity index is 0.673. The third-order valence-electron chi connectivity index (χ3n) is 18.6. The molecule has 4 bridgehead atoms. The van der Waals surface area contributed by atoms with E-state index in [4.69, 9.17) is 24.3 Å². The quantitative estimate of drug-likeness (QED) is 0.0144. The standard InChI is InChI=1S/C69H80N10O14PS/c1-45-51(49-20-22-56(74-61(49)63(85)86)77-29-26-48-52(37-77)50(19-21-54(48)91-32-12-34-94(88,89)90)62(84)75-64-73-53-16-7-8-17-55(53)95-64)36-71-79(45)44-68-39-66(2)38-67(3,40-68)42-69(41-66,43-68)93-33-30-76(4)65(87)92-31-11-14-46-13-10-15-47(35-46)72-58(81)25-27-70-57(80)18-6-5-9-28-78-59(82)23-24-60(78)83/h7-8,10-11,13-14,16-17,19-24,35-36H,5-6,9,12,18,25-34,37-44H2,1-4H3,(H,70,80)(H,72,81)(H,85,86)(H,73,75,84)(H2,88,89,90)/b14-11+. The molecular formula is C69H80N10O14PS. The molecule has 3 aromatic heterocycles. The third kappa shape index (κ3) is 16.4. The lowest BCUT2D eigenvalue weighted by Crippen LogP contribution is -2.64. The molecule has 2 atom stereocenters. The number of benzene rings is 3. The van der Waals surface area contributed by atoms with Gasteiger partial charge < -0.3 is 49.5 Å². The first-order valence-electron chi connectivity index (χ1n) is 32.2. The van der Waals surface area contributed by atoms with Gasteiger partial charge in [-0.15, -0.1) is 0 Å². The van der Waals surface area contributed by atoms with Crippen molar-refractivity contribution in [1.82, 2.24) is 34.9 Å². The normalized spacial score (nSPS) is 21.2. The molecule has 501 valence electrons. The number of aromatic carboxylic acids is 1. The van der Waals surface area contributed by atoms with Gasteiger partial charge >= 0.3 is 19.7 Å². The number of aromatic nitrogens is 4. The van der Waals surface area contributed by atoms with Crippen LogP contribution in [0, 0.1) is 29.2 Å². The molecule has 2 unspecified atom stereocenters. The summed E-state index contributed by atoms with van der Waals surface area (Å²) in [5.41, 5.74) is 4.90. The van der Waals surface area contributed by atoms with Gasteiger partial charge in [-0.05, 0) is 147 Å². The zero-order valence-electron chi connectivity index (χ0n) is 53.8. The number of anilines is 3. The Morgan fingerprint density at radius 2 is 1.63 bits per heavy atom. The summed E-state index contributed by atoms with van der Waals surface area (Å²) in [6.45, 7) is 9.06. The molecule has 6 aliphatic rings. The summed E-state index contributed by atoms with van der Waals surface area (Å²) in [4.78, 5) is 122. The molecule has 12 rings (SSSR count). The van der Waals surface area contributed by atoms with Gasteiger partial charge in [0.1, 0.15) is 18.2 Å². The summed E-state index contributed by atoms with van der Waals surface area (Å²) in [7, 11) is -2.54. The number of likely N-dealkylation sites (N-methyl/N-ethyl adjacent to an activating group) is 1. The number of carbonyl (C=O) groups excluding carboxylic acids is 6. The monoisotopic (exact) mass is 1340 g/mol. The van der Waals surface area contributed by atoms with Gasteiger partial charge in [-0.2, -0.15) is 5.10 Å². The number of rotatable bonds is 29. The van der Waals surface area contributed by atoms with E-state index in [0.29, 0.717) is 103 Å². The topological polar surface area (TPSA) is 314 Å². The molecule has 1 radical (unpaired) electrons. The molecule has 0 saturated heterocycles. The number of hydrogen-bond acceptors (Lipinski definition) is 16. The van der Waals surface area contributed by atoms with Gasteiger partial charge in [0.2, 0.25) is 11.8 Å². The van der Waals surface area contributed by atoms with E-state index >= 15 is 0 Å². The minimum Gasteiger partial charge on any atom is -0.493 e. The maximum absolute atomic E-state index is 14.1. The van der Waals surface area contributed by atoms with Gasteiger partial charge in [0.25, 0.3) is 17.7 Å². The van der Waals surface area contributed by atoms with Crippen LogP contribution in [0.25, 0.3) is 27.4 Å². The first-order chi connectivity index (χ1) is 45.3. The van der Waals surface area contributed by atoms with Crippen LogP contribution in [0.2, 0.25) is 0 Å². The Morgan fingerprint density at radius 3 is 2.39 bits per heavy atom. The number of thiazole rings is 1. The molecular weight excluding hydrogens is 1260 g/mol.